The largest absolute Gasteiger partial charge is 0.388 e. The van der Waals surface area contributed by atoms with E-state index >= 15 is 0 Å². The molecule has 0 spiro atoms. The molecule has 19 heavy (non-hydrogen) atoms. The van der Waals surface area contributed by atoms with Gasteiger partial charge in [0, 0.05) is 13.7 Å². The summed E-state index contributed by atoms with van der Waals surface area (Å²) in [6, 6.07) is 9.89. The number of ether oxygens (including phenoxy) is 1. The van der Waals surface area contributed by atoms with Crippen molar-refractivity contribution in [1.29, 1.82) is 0 Å². The van der Waals surface area contributed by atoms with Gasteiger partial charge in [0.1, 0.15) is 12.7 Å². The summed E-state index contributed by atoms with van der Waals surface area (Å²) in [5.41, 5.74) is 1.03. The second kappa shape index (κ2) is 6.45. The van der Waals surface area contributed by atoms with Crippen LogP contribution in [0.2, 0.25) is 0 Å². The number of nitrogens with zero attached hydrogens (tertiary/aromatic N) is 3. The van der Waals surface area contributed by atoms with Gasteiger partial charge in [0.25, 0.3) is 0 Å². The molecule has 1 atom stereocenters. The molecule has 2 rings (SSSR count). The van der Waals surface area contributed by atoms with Gasteiger partial charge in [0.05, 0.1) is 0 Å². The topological polar surface area (TPSA) is 60.2 Å². The van der Waals surface area contributed by atoms with E-state index in [1.165, 1.54) is 0 Å². The number of aromatic nitrogens is 3. The van der Waals surface area contributed by atoms with Crippen LogP contribution in [-0.2, 0) is 17.9 Å². The van der Waals surface area contributed by atoms with Crippen molar-refractivity contribution in [2.24, 2.45) is 0 Å². The van der Waals surface area contributed by atoms with Crippen LogP contribution in [0.1, 0.15) is 36.7 Å². The Hall–Kier alpha value is -1.72. The summed E-state index contributed by atoms with van der Waals surface area (Å²) in [6.07, 6.45) is 0.684. The van der Waals surface area contributed by atoms with Gasteiger partial charge in [-0.2, -0.15) is 0 Å². The molecule has 0 radical (unpaired) electrons. The van der Waals surface area contributed by atoms with Crippen LogP contribution in [0.5, 0.6) is 0 Å². The number of methoxy groups -OCH3 is 1. The molecule has 1 aromatic carbocycles. The van der Waals surface area contributed by atoms with E-state index in [0.29, 0.717) is 5.82 Å². The zero-order valence-corrected chi connectivity index (χ0v) is 11.3. The fourth-order valence-electron chi connectivity index (χ4n) is 2.15. The fourth-order valence-corrected chi connectivity index (χ4v) is 2.15. The molecule has 0 saturated carbocycles. The van der Waals surface area contributed by atoms with Crippen LogP contribution >= 0.6 is 0 Å². The van der Waals surface area contributed by atoms with Crippen LogP contribution in [0.25, 0.3) is 0 Å². The van der Waals surface area contributed by atoms with Gasteiger partial charge in [-0.05, 0) is 12.0 Å². The van der Waals surface area contributed by atoms with Crippen molar-refractivity contribution in [2.75, 3.05) is 7.11 Å². The average Bonchev–Trinajstić information content (AvgIpc) is 2.85. The van der Waals surface area contributed by atoms with Gasteiger partial charge < -0.3 is 14.4 Å². The van der Waals surface area contributed by atoms with Crippen molar-refractivity contribution in [3.63, 3.8) is 0 Å². The average molecular weight is 261 g/mol. The Morgan fingerprint density at radius 1 is 1.26 bits per heavy atom. The third-order valence-electron chi connectivity index (χ3n) is 3.02. The van der Waals surface area contributed by atoms with E-state index in [9.17, 15) is 5.11 Å². The molecule has 5 heteroatoms. The molecule has 0 amide bonds. The van der Waals surface area contributed by atoms with Crippen molar-refractivity contribution in [2.45, 2.75) is 32.6 Å². The summed E-state index contributed by atoms with van der Waals surface area (Å²) >= 11 is 0. The Balaban J connectivity index is 2.41. The lowest BCUT2D eigenvalue weighted by molar-refractivity contribution is 0.124. The highest BCUT2D eigenvalue weighted by Crippen LogP contribution is 2.24. The standard InChI is InChI=1S/C14H19N3O2/c1-3-9-17-12(10-18)15-16-14(17)13(19-2)11-7-5-4-6-8-11/h4-8,13,18H,3,9-10H2,1-2H3. The van der Waals surface area contributed by atoms with Gasteiger partial charge in [-0.25, -0.2) is 0 Å². The maximum Gasteiger partial charge on any atom is 0.166 e. The van der Waals surface area contributed by atoms with Gasteiger partial charge in [-0.3, -0.25) is 0 Å². The first-order valence-corrected chi connectivity index (χ1v) is 6.42. The van der Waals surface area contributed by atoms with Crippen LogP contribution in [-0.4, -0.2) is 27.0 Å². The number of benzene rings is 1. The van der Waals surface area contributed by atoms with Crippen molar-refractivity contribution >= 4 is 0 Å². The molecule has 1 aromatic heterocycles. The smallest absolute Gasteiger partial charge is 0.166 e. The molecule has 0 bridgehead atoms. The molecule has 1 heterocycles. The molecule has 0 aliphatic heterocycles. The van der Waals surface area contributed by atoms with E-state index in [0.717, 1.165) is 24.4 Å². The summed E-state index contributed by atoms with van der Waals surface area (Å²) in [6.45, 7) is 2.73. The quantitative estimate of drug-likeness (QED) is 0.863. The summed E-state index contributed by atoms with van der Waals surface area (Å²) in [7, 11) is 1.65. The molecule has 102 valence electrons. The van der Waals surface area contributed by atoms with Crippen molar-refractivity contribution in [1.82, 2.24) is 14.8 Å². The molecule has 1 N–H and O–H groups in total. The number of hydrogen-bond acceptors (Lipinski definition) is 4. The van der Waals surface area contributed by atoms with Crippen LogP contribution < -0.4 is 0 Å². The first kappa shape index (κ1) is 13.7. The zero-order valence-electron chi connectivity index (χ0n) is 11.3. The normalized spacial score (nSPS) is 12.6. The first-order chi connectivity index (χ1) is 9.31. The molecule has 2 aromatic rings. The maximum atomic E-state index is 9.32. The molecule has 1 unspecified atom stereocenters. The van der Waals surface area contributed by atoms with Crippen LogP contribution in [0.3, 0.4) is 0 Å². The highest BCUT2D eigenvalue weighted by molar-refractivity contribution is 5.23. The van der Waals surface area contributed by atoms with E-state index in [2.05, 4.69) is 17.1 Å². The van der Waals surface area contributed by atoms with E-state index in [1.54, 1.807) is 7.11 Å². The lowest BCUT2D eigenvalue weighted by Gasteiger charge is -2.17. The second-order valence-electron chi connectivity index (χ2n) is 4.31. The Morgan fingerprint density at radius 3 is 2.58 bits per heavy atom. The lowest BCUT2D eigenvalue weighted by Crippen LogP contribution is -2.14. The summed E-state index contributed by atoms with van der Waals surface area (Å²) in [5, 5.41) is 17.5. The van der Waals surface area contributed by atoms with Crippen molar-refractivity contribution in [3.05, 3.63) is 47.5 Å². The molecule has 5 nitrogen and oxygen atoms in total. The molecule has 0 aliphatic rings. The summed E-state index contributed by atoms with van der Waals surface area (Å²) < 4.78 is 7.49. The molecule has 0 fully saturated rings. The summed E-state index contributed by atoms with van der Waals surface area (Å²) in [4.78, 5) is 0. The third kappa shape index (κ3) is 2.83. The monoisotopic (exact) mass is 261 g/mol. The van der Waals surface area contributed by atoms with Gasteiger partial charge >= 0.3 is 0 Å². The van der Waals surface area contributed by atoms with Crippen molar-refractivity contribution < 1.29 is 9.84 Å². The SMILES string of the molecule is CCCn1c(CO)nnc1C(OC)c1ccccc1. The summed E-state index contributed by atoms with van der Waals surface area (Å²) in [5.74, 6) is 1.31. The Bertz CT molecular complexity index is 511. The first-order valence-electron chi connectivity index (χ1n) is 6.42. The molecular formula is C14H19N3O2. The highest BCUT2D eigenvalue weighted by Gasteiger charge is 2.21. The fraction of sp³-hybridized carbons (Fsp3) is 0.429. The van der Waals surface area contributed by atoms with Crippen LogP contribution in [0.15, 0.2) is 30.3 Å². The zero-order chi connectivity index (χ0) is 13.7. The predicted molar refractivity (Wildman–Crippen MR) is 71.5 cm³/mol. The van der Waals surface area contributed by atoms with E-state index in [4.69, 9.17) is 4.74 Å². The number of rotatable bonds is 6. The van der Waals surface area contributed by atoms with E-state index in [1.807, 2.05) is 34.9 Å². The molecular weight excluding hydrogens is 242 g/mol. The second-order valence-corrected chi connectivity index (χ2v) is 4.31. The van der Waals surface area contributed by atoms with Crippen LogP contribution in [0, 0.1) is 0 Å². The predicted octanol–water partition coefficient (Wildman–Crippen LogP) is 1.92. The minimum Gasteiger partial charge on any atom is -0.388 e. The van der Waals surface area contributed by atoms with Gasteiger partial charge in [0.2, 0.25) is 0 Å². The Labute approximate surface area is 112 Å². The highest BCUT2D eigenvalue weighted by atomic mass is 16.5. The van der Waals surface area contributed by atoms with Gasteiger partial charge in [-0.15, -0.1) is 10.2 Å². The molecule has 0 aliphatic carbocycles. The Morgan fingerprint density at radius 2 is 2.00 bits per heavy atom. The molecule has 0 saturated heterocycles. The minimum absolute atomic E-state index is 0.113. The Kier molecular flexibility index (Phi) is 4.65. The van der Waals surface area contributed by atoms with Gasteiger partial charge in [0.15, 0.2) is 11.6 Å². The lowest BCUT2D eigenvalue weighted by atomic mass is 10.1. The van der Waals surface area contributed by atoms with Crippen LogP contribution in [0.4, 0.5) is 0 Å². The van der Waals surface area contributed by atoms with E-state index < -0.39 is 0 Å². The van der Waals surface area contributed by atoms with Crippen molar-refractivity contribution in [3.8, 4) is 0 Å². The minimum atomic E-state index is -0.263. The number of aliphatic hydroxyl groups is 1. The maximum absolute atomic E-state index is 9.32. The number of aliphatic hydroxyl groups excluding tert-OH is 1. The third-order valence-corrected chi connectivity index (χ3v) is 3.02. The van der Waals surface area contributed by atoms with E-state index in [-0.39, 0.29) is 12.7 Å². The number of hydrogen-bond donors (Lipinski definition) is 1. The van der Waals surface area contributed by atoms with Gasteiger partial charge in [-0.1, -0.05) is 37.3 Å².